The zero-order chi connectivity index (χ0) is 14.4. The molecular weight excluding hydrogens is 326 g/mol. The van der Waals surface area contributed by atoms with Gasteiger partial charge in [-0.25, -0.2) is 5.84 Å². The van der Waals surface area contributed by atoms with E-state index in [2.05, 4.69) is 36.3 Å². The number of hydrazine groups is 1. The molecule has 0 aliphatic heterocycles. The lowest BCUT2D eigenvalue weighted by molar-refractivity contribution is 0.261. The number of nitrogen functional groups attached to an aromatic ring is 1. The van der Waals surface area contributed by atoms with Gasteiger partial charge in [0, 0.05) is 4.47 Å². The van der Waals surface area contributed by atoms with Crippen molar-refractivity contribution >= 4 is 21.9 Å². The minimum absolute atomic E-state index is 0.149. The van der Waals surface area contributed by atoms with Crippen molar-refractivity contribution in [1.29, 1.82) is 0 Å². The fraction of sp³-hybridized carbons (Fsp3) is 0.250. The Kier molecular flexibility index (Phi) is 5.08. The van der Waals surface area contributed by atoms with Crippen LogP contribution in [0.5, 0.6) is 12.0 Å². The van der Waals surface area contributed by atoms with Gasteiger partial charge in [-0.3, -0.25) is 5.43 Å². The van der Waals surface area contributed by atoms with E-state index in [1.807, 2.05) is 31.2 Å². The smallest absolute Gasteiger partial charge is 0.324 e. The first-order valence-electron chi connectivity index (χ1n) is 5.94. The van der Waals surface area contributed by atoms with Crippen molar-refractivity contribution in [2.24, 2.45) is 5.84 Å². The molecule has 3 N–H and O–H groups in total. The number of benzene rings is 1. The van der Waals surface area contributed by atoms with Crippen LogP contribution < -0.4 is 20.7 Å². The van der Waals surface area contributed by atoms with E-state index < -0.39 is 0 Å². The summed E-state index contributed by atoms with van der Waals surface area (Å²) in [4.78, 5) is 12.0. The summed E-state index contributed by atoms with van der Waals surface area (Å²) in [5, 5.41) is 0. The second-order valence-corrected chi connectivity index (χ2v) is 4.64. The summed E-state index contributed by atoms with van der Waals surface area (Å²) >= 11 is 3.40. The second kappa shape index (κ2) is 7.01. The summed E-state index contributed by atoms with van der Waals surface area (Å²) in [7, 11) is 0. The van der Waals surface area contributed by atoms with Crippen LogP contribution in [0.4, 0.5) is 5.95 Å². The van der Waals surface area contributed by atoms with Crippen molar-refractivity contribution in [3.05, 3.63) is 34.3 Å². The molecule has 0 fully saturated rings. The van der Waals surface area contributed by atoms with E-state index in [-0.39, 0.29) is 18.0 Å². The average Bonchev–Trinajstić information content (AvgIpc) is 2.45. The highest BCUT2D eigenvalue weighted by Gasteiger charge is 2.08. The molecule has 0 atom stereocenters. The van der Waals surface area contributed by atoms with Crippen LogP contribution in [0.25, 0.3) is 0 Å². The molecule has 1 aromatic heterocycles. The summed E-state index contributed by atoms with van der Waals surface area (Å²) in [5.74, 6) is 5.48. The van der Waals surface area contributed by atoms with E-state index in [4.69, 9.17) is 15.3 Å². The SMILES string of the molecule is CCOc1nc(NN)nc(OCc2cccc(Br)c2)n1. The fourth-order valence-corrected chi connectivity index (χ4v) is 1.88. The third-order valence-electron chi connectivity index (χ3n) is 2.25. The number of halogens is 1. The monoisotopic (exact) mass is 339 g/mol. The number of rotatable bonds is 6. The molecule has 2 aromatic rings. The molecule has 0 radical (unpaired) electrons. The Balaban J connectivity index is 2.10. The van der Waals surface area contributed by atoms with Gasteiger partial charge in [-0.05, 0) is 24.6 Å². The molecule has 106 valence electrons. The van der Waals surface area contributed by atoms with E-state index in [1.165, 1.54) is 0 Å². The average molecular weight is 340 g/mol. The predicted octanol–water partition coefficient (Wildman–Crippen LogP) is 1.90. The van der Waals surface area contributed by atoms with Crippen molar-refractivity contribution in [3.8, 4) is 12.0 Å². The van der Waals surface area contributed by atoms with E-state index in [0.717, 1.165) is 10.0 Å². The number of hydrogen-bond donors (Lipinski definition) is 2. The maximum atomic E-state index is 5.52. The topological polar surface area (TPSA) is 95.2 Å². The first-order valence-corrected chi connectivity index (χ1v) is 6.73. The maximum Gasteiger partial charge on any atom is 0.324 e. The van der Waals surface area contributed by atoms with Crippen molar-refractivity contribution in [3.63, 3.8) is 0 Å². The summed E-state index contributed by atoms with van der Waals surface area (Å²) in [6, 6.07) is 8.07. The third-order valence-corrected chi connectivity index (χ3v) is 2.75. The van der Waals surface area contributed by atoms with E-state index in [9.17, 15) is 0 Å². The molecule has 0 spiro atoms. The number of nitrogens with one attached hydrogen (secondary N) is 1. The van der Waals surface area contributed by atoms with E-state index in [0.29, 0.717) is 13.2 Å². The lowest BCUT2D eigenvalue weighted by atomic mass is 10.2. The van der Waals surface area contributed by atoms with Crippen LogP contribution in [-0.2, 0) is 6.61 Å². The van der Waals surface area contributed by atoms with Crippen LogP contribution in [0.2, 0.25) is 0 Å². The number of nitrogens with two attached hydrogens (primary N) is 1. The molecule has 1 aromatic carbocycles. The van der Waals surface area contributed by atoms with Crippen LogP contribution in [0, 0.1) is 0 Å². The number of anilines is 1. The summed E-state index contributed by atoms with van der Waals surface area (Å²) in [6.45, 7) is 2.61. The number of ether oxygens (including phenoxy) is 2. The van der Waals surface area contributed by atoms with Gasteiger partial charge in [0.2, 0.25) is 5.95 Å². The van der Waals surface area contributed by atoms with Crippen LogP contribution in [0.1, 0.15) is 12.5 Å². The fourth-order valence-electron chi connectivity index (χ4n) is 1.44. The van der Waals surface area contributed by atoms with E-state index >= 15 is 0 Å². The molecule has 20 heavy (non-hydrogen) atoms. The maximum absolute atomic E-state index is 5.52. The van der Waals surface area contributed by atoms with Crippen molar-refractivity contribution in [2.75, 3.05) is 12.0 Å². The molecule has 0 unspecified atom stereocenters. The van der Waals surface area contributed by atoms with Gasteiger partial charge in [-0.15, -0.1) is 4.98 Å². The Morgan fingerprint density at radius 1 is 1.20 bits per heavy atom. The summed E-state index contributed by atoms with van der Waals surface area (Å²) in [6.07, 6.45) is 0. The lowest BCUT2D eigenvalue weighted by Crippen LogP contribution is -2.13. The van der Waals surface area contributed by atoms with Gasteiger partial charge in [0.05, 0.1) is 6.61 Å². The molecule has 0 aliphatic rings. The number of nitrogens with zero attached hydrogens (tertiary/aromatic N) is 3. The van der Waals surface area contributed by atoms with Gasteiger partial charge in [0.1, 0.15) is 6.61 Å². The van der Waals surface area contributed by atoms with Gasteiger partial charge in [0.25, 0.3) is 0 Å². The molecule has 7 nitrogen and oxygen atoms in total. The number of hydrogen-bond acceptors (Lipinski definition) is 7. The van der Waals surface area contributed by atoms with Crippen LogP contribution in [0.3, 0.4) is 0 Å². The Morgan fingerprint density at radius 2 is 1.95 bits per heavy atom. The molecule has 0 bridgehead atoms. The van der Waals surface area contributed by atoms with Gasteiger partial charge in [-0.1, -0.05) is 28.1 Å². The lowest BCUT2D eigenvalue weighted by Gasteiger charge is -2.08. The molecule has 0 saturated heterocycles. The highest BCUT2D eigenvalue weighted by atomic mass is 79.9. The zero-order valence-corrected chi connectivity index (χ0v) is 12.4. The first-order chi connectivity index (χ1) is 9.71. The molecule has 0 amide bonds. The largest absolute Gasteiger partial charge is 0.464 e. The Hall–Kier alpha value is -1.93. The number of aromatic nitrogens is 3. The van der Waals surface area contributed by atoms with Gasteiger partial charge < -0.3 is 9.47 Å². The van der Waals surface area contributed by atoms with Crippen LogP contribution >= 0.6 is 15.9 Å². The summed E-state index contributed by atoms with van der Waals surface area (Å²) < 4.78 is 11.7. The van der Waals surface area contributed by atoms with Gasteiger partial charge >= 0.3 is 12.0 Å². The standard InChI is InChI=1S/C12H14BrN5O2/c1-2-19-11-15-10(18-14)16-12(17-11)20-7-8-4-3-5-9(13)6-8/h3-6H,2,7,14H2,1H3,(H,15,16,17,18). The molecule has 8 heteroatoms. The zero-order valence-electron chi connectivity index (χ0n) is 10.8. The summed E-state index contributed by atoms with van der Waals surface area (Å²) in [5.41, 5.74) is 3.33. The van der Waals surface area contributed by atoms with Crippen LogP contribution in [-0.4, -0.2) is 21.6 Å². The third kappa shape index (κ3) is 4.04. The minimum atomic E-state index is 0.149. The van der Waals surface area contributed by atoms with E-state index in [1.54, 1.807) is 0 Å². The normalized spacial score (nSPS) is 10.2. The van der Waals surface area contributed by atoms with Gasteiger partial charge in [0.15, 0.2) is 0 Å². The Bertz CT molecular complexity index is 582. The molecular formula is C12H14BrN5O2. The van der Waals surface area contributed by atoms with Crippen LogP contribution in [0.15, 0.2) is 28.7 Å². The van der Waals surface area contributed by atoms with Gasteiger partial charge in [-0.2, -0.15) is 9.97 Å². The first kappa shape index (κ1) is 14.5. The quantitative estimate of drug-likeness (QED) is 0.612. The van der Waals surface area contributed by atoms with Crippen molar-refractivity contribution in [1.82, 2.24) is 15.0 Å². The highest BCUT2D eigenvalue weighted by molar-refractivity contribution is 9.10. The van der Waals surface area contributed by atoms with Crippen molar-refractivity contribution < 1.29 is 9.47 Å². The second-order valence-electron chi connectivity index (χ2n) is 3.72. The molecule has 1 heterocycles. The van der Waals surface area contributed by atoms with Crippen molar-refractivity contribution in [2.45, 2.75) is 13.5 Å². The highest BCUT2D eigenvalue weighted by Crippen LogP contribution is 2.16. The predicted molar refractivity (Wildman–Crippen MR) is 77.3 cm³/mol. The Labute approximate surface area is 124 Å². The molecule has 0 saturated carbocycles. The Morgan fingerprint density at radius 3 is 2.60 bits per heavy atom. The minimum Gasteiger partial charge on any atom is -0.464 e. The molecule has 0 aliphatic carbocycles. The molecule has 2 rings (SSSR count).